The lowest BCUT2D eigenvalue weighted by molar-refractivity contribution is -0.840. The van der Waals surface area contributed by atoms with Gasteiger partial charge < -0.3 is 14.6 Å². The highest BCUT2D eigenvalue weighted by atomic mass is 16.5. The number of quaternary nitrogens is 1. The van der Waals surface area contributed by atoms with Crippen LogP contribution in [-0.2, 0) is 9.53 Å². The van der Waals surface area contributed by atoms with Crippen LogP contribution in [0.3, 0.4) is 0 Å². The Kier molecular flexibility index (Phi) is 34.4. The Morgan fingerprint density at radius 2 is 0.894 bits per heavy atom. The second-order valence-electron chi connectivity index (χ2n) is 14.3. The zero-order valence-corrected chi connectivity index (χ0v) is 31.9. The number of hydroxylamine groups is 3. The lowest BCUT2D eigenvalue weighted by Crippen LogP contribution is -2.33. The van der Waals surface area contributed by atoms with Crippen molar-refractivity contribution in [2.75, 3.05) is 20.6 Å². The second kappa shape index (κ2) is 35.7. The molecule has 0 aromatic heterocycles. The molecule has 0 aromatic rings. The van der Waals surface area contributed by atoms with Crippen LogP contribution < -0.4 is 0 Å². The molecule has 0 saturated heterocycles. The van der Waals surface area contributed by atoms with Crippen LogP contribution in [0.25, 0.3) is 0 Å². The minimum Gasteiger partial charge on any atom is -0.633 e. The summed E-state index contributed by atoms with van der Waals surface area (Å²) in [5.41, 5.74) is 0. The van der Waals surface area contributed by atoms with E-state index in [1.165, 1.54) is 128 Å². The maximum absolute atomic E-state index is 12.5. The van der Waals surface area contributed by atoms with Gasteiger partial charge in [-0.05, 0) is 89.9 Å². The number of ether oxygens (including phenoxy) is 1. The molecule has 0 heterocycles. The fourth-order valence-corrected chi connectivity index (χ4v) is 5.83. The number of hydrogen-bond donors (Lipinski definition) is 0. The van der Waals surface area contributed by atoms with Crippen molar-refractivity contribution in [2.24, 2.45) is 0 Å². The molecular weight excluding hydrogens is 578 g/mol. The first-order chi connectivity index (χ1) is 22.9. The molecule has 0 aliphatic rings. The quantitative estimate of drug-likeness (QED) is 0.0224. The molecule has 0 N–H and O–H groups in total. The first-order valence-corrected chi connectivity index (χ1v) is 20.2. The van der Waals surface area contributed by atoms with E-state index in [0.29, 0.717) is 19.4 Å². The topological polar surface area (TPSA) is 49.4 Å². The Hall–Kier alpha value is -1.65. The van der Waals surface area contributed by atoms with E-state index in [2.05, 4.69) is 62.5 Å². The SMILES string of the molecule is CCCCC/C=C\C/C=C\CCCCCCCCC(CCCCCCCC/C=C\C/C=C\CCCCC)OC(=O)CCC[N+](C)(C)[O-]. The van der Waals surface area contributed by atoms with E-state index >= 15 is 0 Å². The van der Waals surface area contributed by atoms with Gasteiger partial charge in [0.2, 0.25) is 0 Å². The van der Waals surface area contributed by atoms with Gasteiger partial charge in [-0.3, -0.25) is 4.79 Å². The Morgan fingerprint density at radius 1 is 0.532 bits per heavy atom. The van der Waals surface area contributed by atoms with Crippen molar-refractivity contribution in [2.45, 2.75) is 200 Å². The van der Waals surface area contributed by atoms with E-state index in [1.807, 2.05) is 0 Å². The average molecular weight is 658 g/mol. The maximum atomic E-state index is 12.5. The Morgan fingerprint density at radius 3 is 1.28 bits per heavy atom. The van der Waals surface area contributed by atoms with Gasteiger partial charge >= 0.3 is 5.97 Å². The molecule has 0 aromatic carbocycles. The third-order valence-corrected chi connectivity index (χ3v) is 8.83. The standard InChI is InChI=1S/C43H79NO3/c1-5-7-9-11-13-15-17-19-21-23-25-27-29-31-33-35-38-42(47-43(45)40-37-41-44(3,4)46)39-36-34-32-30-28-26-24-22-20-18-16-14-12-10-8-6-2/h13-16,19-22,42H,5-12,17-18,23-41H2,1-4H3/b15-13-,16-14-,21-19-,22-20-. The lowest BCUT2D eigenvalue weighted by atomic mass is 10.0. The summed E-state index contributed by atoms with van der Waals surface area (Å²) in [5.74, 6) is -0.122. The molecule has 0 aliphatic carbocycles. The van der Waals surface area contributed by atoms with Gasteiger partial charge in [0.05, 0.1) is 27.1 Å². The van der Waals surface area contributed by atoms with Crippen LogP contribution in [0.1, 0.15) is 194 Å². The zero-order chi connectivity index (χ0) is 34.5. The molecule has 0 atom stereocenters. The number of carbonyl (C=O) groups excluding carboxylic acids is 1. The summed E-state index contributed by atoms with van der Waals surface area (Å²) in [7, 11) is 3.26. The van der Waals surface area contributed by atoms with Crippen molar-refractivity contribution in [1.29, 1.82) is 0 Å². The van der Waals surface area contributed by atoms with E-state index < -0.39 is 0 Å². The highest BCUT2D eigenvalue weighted by Gasteiger charge is 2.15. The normalized spacial score (nSPS) is 12.6. The molecule has 0 amide bonds. The monoisotopic (exact) mass is 658 g/mol. The molecule has 0 unspecified atom stereocenters. The molecule has 274 valence electrons. The van der Waals surface area contributed by atoms with Gasteiger partial charge in [-0.15, -0.1) is 0 Å². The van der Waals surface area contributed by atoms with Gasteiger partial charge in [-0.25, -0.2) is 0 Å². The van der Waals surface area contributed by atoms with E-state index in [4.69, 9.17) is 4.74 Å². The van der Waals surface area contributed by atoms with Gasteiger partial charge in [0.15, 0.2) is 0 Å². The fraction of sp³-hybridized carbons (Fsp3) is 0.791. The number of hydrogen-bond acceptors (Lipinski definition) is 3. The first-order valence-electron chi connectivity index (χ1n) is 20.2. The highest BCUT2D eigenvalue weighted by Crippen LogP contribution is 2.18. The van der Waals surface area contributed by atoms with Crippen LogP contribution in [0.4, 0.5) is 0 Å². The minimum atomic E-state index is -0.351. The number of allylic oxidation sites excluding steroid dienone is 8. The third-order valence-electron chi connectivity index (χ3n) is 8.83. The minimum absolute atomic E-state index is 0.0360. The van der Waals surface area contributed by atoms with Crippen molar-refractivity contribution < 1.29 is 14.2 Å². The van der Waals surface area contributed by atoms with E-state index in [1.54, 1.807) is 14.1 Å². The highest BCUT2D eigenvalue weighted by molar-refractivity contribution is 5.69. The summed E-state index contributed by atoms with van der Waals surface area (Å²) in [6.07, 6.45) is 51.4. The Balaban J connectivity index is 4.09. The van der Waals surface area contributed by atoms with Crippen LogP contribution in [-0.4, -0.2) is 37.4 Å². The summed E-state index contributed by atoms with van der Waals surface area (Å²) in [5, 5.41) is 11.8. The number of unbranched alkanes of at least 4 members (excludes halogenated alkanes) is 18. The maximum Gasteiger partial charge on any atom is 0.306 e. The molecule has 47 heavy (non-hydrogen) atoms. The van der Waals surface area contributed by atoms with Gasteiger partial charge in [-0.2, -0.15) is 0 Å². The van der Waals surface area contributed by atoms with Crippen molar-refractivity contribution in [1.82, 2.24) is 0 Å². The van der Waals surface area contributed by atoms with Crippen LogP contribution in [0.15, 0.2) is 48.6 Å². The van der Waals surface area contributed by atoms with Crippen LogP contribution in [0, 0.1) is 5.21 Å². The van der Waals surface area contributed by atoms with Crippen molar-refractivity contribution in [3.8, 4) is 0 Å². The number of esters is 1. The summed E-state index contributed by atoms with van der Waals surface area (Å²) in [4.78, 5) is 12.5. The lowest BCUT2D eigenvalue weighted by Gasteiger charge is -2.33. The second-order valence-corrected chi connectivity index (χ2v) is 14.3. The predicted molar refractivity (Wildman–Crippen MR) is 207 cm³/mol. The third kappa shape index (κ3) is 38.7. The van der Waals surface area contributed by atoms with Crippen LogP contribution in [0.5, 0.6) is 0 Å². The number of rotatable bonds is 35. The largest absolute Gasteiger partial charge is 0.633 e. The van der Waals surface area contributed by atoms with Gasteiger partial charge in [0.25, 0.3) is 0 Å². The molecule has 4 heteroatoms. The van der Waals surface area contributed by atoms with Crippen LogP contribution >= 0.6 is 0 Å². The number of carbonyl (C=O) groups is 1. The molecule has 0 fully saturated rings. The predicted octanol–water partition coefficient (Wildman–Crippen LogP) is 13.7. The molecule has 0 bridgehead atoms. The Bertz CT molecular complexity index is 728. The average Bonchev–Trinajstić information content (AvgIpc) is 3.03. The summed E-state index contributed by atoms with van der Waals surface area (Å²) < 4.78 is 5.59. The molecule has 0 saturated carbocycles. The first kappa shape index (κ1) is 45.3. The molecule has 0 spiro atoms. The summed E-state index contributed by atoms with van der Waals surface area (Å²) >= 11 is 0. The smallest absolute Gasteiger partial charge is 0.306 e. The Labute approximate surface area is 293 Å². The molecule has 4 nitrogen and oxygen atoms in total. The van der Waals surface area contributed by atoms with E-state index in [0.717, 1.165) is 38.5 Å². The summed E-state index contributed by atoms with van der Waals surface area (Å²) in [6, 6.07) is 0. The molecule has 0 aliphatic heterocycles. The molecule has 0 rings (SSSR count). The summed E-state index contributed by atoms with van der Waals surface area (Å²) in [6.45, 7) is 4.97. The van der Waals surface area contributed by atoms with Gasteiger partial charge in [0.1, 0.15) is 6.10 Å². The molecule has 0 radical (unpaired) electrons. The zero-order valence-electron chi connectivity index (χ0n) is 31.9. The van der Waals surface area contributed by atoms with Gasteiger partial charge in [0, 0.05) is 6.42 Å². The molecular formula is C43H79NO3. The van der Waals surface area contributed by atoms with Crippen molar-refractivity contribution in [3.63, 3.8) is 0 Å². The van der Waals surface area contributed by atoms with Crippen molar-refractivity contribution >= 4 is 5.97 Å². The number of nitrogens with zero attached hydrogens (tertiary/aromatic N) is 1. The van der Waals surface area contributed by atoms with E-state index in [-0.39, 0.29) is 16.7 Å². The van der Waals surface area contributed by atoms with E-state index in [9.17, 15) is 10.0 Å². The van der Waals surface area contributed by atoms with Gasteiger partial charge in [-0.1, -0.05) is 140 Å². The van der Waals surface area contributed by atoms with Crippen LogP contribution in [0.2, 0.25) is 0 Å². The fourth-order valence-electron chi connectivity index (χ4n) is 5.83. The van der Waals surface area contributed by atoms with Crippen molar-refractivity contribution in [3.05, 3.63) is 53.8 Å².